The van der Waals surface area contributed by atoms with Crippen molar-refractivity contribution in [1.29, 1.82) is 0 Å². The number of likely N-dealkylation sites (N-methyl/N-ethyl adjacent to an activating group) is 1. The third-order valence-electron chi connectivity index (χ3n) is 5.87. The van der Waals surface area contributed by atoms with Crippen LogP contribution in [0.4, 0.5) is 21.6 Å². The first-order chi connectivity index (χ1) is 20.8. The van der Waals surface area contributed by atoms with Crippen LogP contribution in [0.15, 0.2) is 55.0 Å². The first kappa shape index (κ1) is 32.2. The van der Waals surface area contributed by atoms with Crippen LogP contribution in [0.1, 0.15) is 20.8 Å². The third kappa shape index (κ3) is 8.64. The minimum atomic E-state index is -0.731. The van der Waals surface area contributed by atoms with Crippen molar-refractivity contribution in [2.24, 2.45) is 0 Å². The average Bonchev–Trinajstić information content (AvgIpc) is 3.26. The molecular weight excluding hydrogens is 591 g/mol. The highest BCUT2D eigenvalue weighted by atomic mass is 35.5. The SMILES string of the molecule is COc1cc2ncnc(Nc3ccc(Oc4nn(CC(=O)NC(C)(C)C)cc4F)cc3Cl)c2cc1NC(=O)/C=C/CN(C)C. The lowest BCUT2D eigenvalue weighted by molar-refractivity contribution is -0.123. The minimum Gasteiger partial charge on any atom is -0.494 e. The fourth-order valence-electron chi connectivity index (χ4n) is 4.03. The first-order valence-electron chi connectivity index (χ1n) is 13.5. The van der Waals surface area contributed by atoms with Crippen molar-refractivity contribution in [1.82, 2.24) is 30.0 Å². The molecule has 0 saturated carbocycles. The van der Waals surface area contributed by atoms with Crippen molar-refractivity contribution in [3.05, 3.63) is 65.8 Å². The summed E-state index contributed by atoms with van der Waals surface area (Å²) in [6.45, 7) is 5.99. The molecule has 0 aliphatic carbocycles. The Balaban J connectivity index is 1.52. The maximum atomic E-state index is 14.5. The van der Waals surface area contributed by atoms with E-state index in [-0.39, 0.29) is 35.0 Å². The Kier molecular flexibility index (Phi) is 10.0. The Hall–Kier alpha value is -4.75. The summed E-state index contributed by atoms with van der Waals surface area (Å²) in [5, 5.41) is 13.7. The minimum absolute atomic E-state index is 0.168. The zero-order valence-electron chi connectivity index (χ0n) is 25.2. The summed E-state index contributed by atoms with van der Waals surface area (Å²) >= 11 is 6.54. The van der Waals surface area contributed by atoms with Crippen LogP contribution in [0.25, 0.3) is 10.9 Å². The monoisotopic (exact) mass is 624 g/mol. The maximum Gasteiger partial charge on any atom is 0.274 e. The molecule has 2 aromatic heterocycles. The Labute approximate surface area is 259 Å². The van der Waals surface area contributed by atoms with E-state index in [4.69, 9.17) is 21.1 Å². The lowest BCUT2D eigenvalue weighted by Crippen LogP contribution is -2.42. The lowest BCUT2D eigenvalue weighted by Gasteiger charge is -2.20. The summed E-state index contributed by atoms with van der Waals surface area (Å²) in [6, 6.07) is 8.11. The summed E-state index contributed by atoms with van der Waals surface area (Å²) in [4.78, 5) is 35.3. The zero-order valence-corrected chi connectivity index (χ0v) is 26.0. The second-order valence-corrected chi connectivity index (χ2v) is 11.5. The molecule has 0 bridgehead atoms. The van der Waals surface area contributed by atoms with Gasteiger partial charge in [-0.3, -0.25) is 14.3 Å². The molecule has 2 amide bonds. The molecule has 0 fully saturated rings. The fraction of sp³-hybridized carbons (Fsp3) is 0.300. The second-order valence-electron chi connectivity index (χ2n) is 11.1. The smallest absolute Gasteiger partial charge is 0.274 e. The number of aromatic nitrogens is 4. The molecule has 0 unspecified atom stereocenters. The summed E-state index contributed by atoms with van der Waals surface area (Å²) in [5.41, 5.74) is 1.06. The third-order valence-corrected chi connectivity index (χ3v) is 6.18. The summed E-state index contributed by atoms with van der Waals surface area (Å²) < 4.78 is 26.8. The molecule has 0 saturated heterocycles. The number of methoxy groups -OCH3 is 1. The highest BCUT2D eigenvalue weighted by Crippen LogP contribution is 2.36. The highest BCUT2D eigenvalue weighted by Gasteiger charge is 2.18. The number of halogens is 2. The van der Waals surface area contributed by atoms with E-state index >= 15 is 0 Å². The number of nitrogens with one attached hydrogen (secondary N) is 3. The Morgan fingerprint density at radius 2 is 1.91 bits per heavy atom. The number of fused-ring (bicyclic) bond motifs is 1. The fourth-order valence-corrected chi connectivity index (χ4v) is 4.25. The molecule has 0 radical (unpaired) electrons. The molecule has 4 rings (SSSR count). The number of hydrogen-bond donors (Lipinski definition) is 3. The lowest BCUT2D eigenvalue weighted by atomic mass is 10.1. The van der Waals surface area contributed by atoms with Crippen molar-refractivity contribution in [3.63, 3.8) is 0 Å². The number of ether oxygens (including phenoxy) is 2. The van der Waals surface area contributed by atoms with Gasteiger partial charge in [0.1, 0.15) is 30.2 Å². The van der Waals surface area contributed by atoms with Crippen molar-refractivity contribution in [2.75, 3.05) is 38.4 Å². The molecule has 0 aliphatic heterocycles. The molecule has 0 spiro atoms. The number of benzene rings is 2. The van der Waals surface area contributed by atoms with Crippen molar-refractivity contribution in [2.45, 2.75) is 32.9 Å². The van der Waals surface area contributed by atoms with Crippen molar-refractivity contribution >= 4 is 51.5 Å². The van der Waals surface area contributed by atoms with Gasteiger partial charge in [-0.2, -0.15) is 4.39 Å². The zero-order chi connectivity index (χ0) is 32.0. The van der Waals surface area contributed by atoms with Crippen LogP contribution in [-0.4, -0.2) is 69.8 Å². The van der Waals surface area contributed by atoms with Crippen LogP contribution in [0.3, 0.4) is 0 Å². The molecule has 14 heteroatoms. The van der Waals surface area contributed by atoms with E-state index in [0.29, 0.717) is 40.4 Å². The van der Waals surface area contributed by atoms with E-state index in [0.717, 1.165) is 10.9 Å². The van der Waals surface area contributed by atoms with Crippen molar-refractivity contribution in [3.8, 4) is 17.4 Å². The van der Waals surface area contributed by atoms with Crippen LogP contribution in [0.2, 0.25) is 5.02 Å². The maximum absolute atomic E-state index is 14.5. The molecule has 3 N–H and O–H groups in total. The van der Waals surface area contributed by atoms with E-state index in [1.807, 2.05) is 39.8 Å². The average molecular weight is 625 g/mol. The van der Waals surface area contributed by atoms with Gasteiger partial charge in [-0.25, -0.2) is 9.97 Å². The highest BCUT2D eigenvalue weighted by molar-refractivity contribution is 6.33. The van der Waals surface area contributed by atoms with Gasteiger partial charge < -0.3 is 30.3 Å². The predicted molar refractivity (Wildman–Crippen MR) is 167 cm³/mol. The van der Waals surface area contributed by atoms with Gasteiger partial charge in [-0.15, -0.1) is 5.10 Å². The van der Waals surface area contributed by atoms with Gasteiger partial charge in [-0.1, -0.05) is 17.7 Å². The van der Waals surface area contributed by atoms with Gasteiger partial charge in [0, 0.05) is 35.7 Å². The van der Waals surface area contributed by atoms with Gasteiger partial charge in [0.05, 0.1) is 35.2 Å². The molecule has 2 aromatic carbocycles. The topological polar surface area (TPSA) is 136 Å². The summed E-state index contributed by atoms with van der Waals surface area (Å²) in [6.07, 6.45) is 5.68. The van der Waals surface area contributed by atoms with E-state index in [1.54, 1.807) is 30.3 Å². The summed E-state index contributed by atoms with van der Waals surface area (Å²) in [5.74, 6) is -0.576. The van der Waals surface area contributed by atoms with E-state index in [2.05, 4.69) is 31.0 Å². The predicted octanol–water partition coefficient (Wildman–Crippen LogP) is 5.13. The molecule has 0 atom stereocenters. The number of anilines is 3. The molecule has 4 aromatic rings. The van der Waals surface area contributed by atoms with Gasteiger partial charge in [0.25, 0.3) is 5.88 Å². The first-order valence-corrected chi connectivity index (χ1v) is 13.9. The van der Waals surface area contributed by atoms with E-state index in [1.165, 1.54) is 25.6 Å². The van der Waals surface area contributed by atoms with Gasteiger partial charge in [0.15, 0.2) is 0 Å². The molecule has 12 nitrogen and oxygen atoms in total. The number of nitrogens with zero attached hydrogens (tertiary/aromatic N) is 5. The van der Waals surface area contributed by atoms with Gasteiger partial charge >= 0.3 is 0 Å². The number of rotatable bonds is 11. The number of carbonyl (C=O) groups excluding carboxylic acids is 2. The standard InChI is InChI=1S/C30H34ClFN8O4/c1-30(2,3)37-27(42)16-40-15-21(32)29(38-40)44-18-9-10-22(20(31)12-18)36-28-19-13-24(35-26(41)8-7-11-39(4)5)25(43-6)14-23(19)33-17-34-28/h7-10,12-15,17H,11,16H2,1-6H3,(H,35,41)(H,37,42)(H,33,34,36)/b8-7+. The number of hydrogen-bond acceptors (Lipinski definition) is 9. The normalized spacial score (nSPS) is 11.7. The molecule has 232 valence electrons. The van der Waals surface area contributed by atoms with E-state index < -0.39 is 11.4 Å². The van der Waals surface area contributed by atoms with Gasteiger partial charge in [-0.05, 0) is 53.1 Å². The Morgan fingerprint density at radius 1 is 1.14 bits per heavy atom. The largest absolute Gasteiger partial charge is 0.494 e. The number of amides is 2. The number of carbonyl (C=O) groups is 2. The van der Waals surface area contributed by atoms with Crippen LogP contribution in [-0.2, 0) is 16.1 Å². The van der Waals surface area contributed by atoms with Crippen LogP contribution in [0.5, 0.6) is 17.4 Å². The molecular formula is C30H34ClFN8O4. The van der Waals surface area contributed by atoms with Crippen LogP contribution in [0, 0.1) is 5.82 Å². The quantitative estimate of drug-likeness (QED) is 0.194. The Bertz CT molecular complexity index is 1700. The Morgan fingerprint density at radius 3 is 2.59 bits per heavy atom. The molecule has 0 aliphatic rings. The molecule has 2 heterocycles. The van der Waals surface area contributed by atoms with Crippen LogP contribution < -0.4 is 25.4 Å². The van der Waals surface area contributed by atoms with Crippen LogP contribution >= 0.6 is 11.6 Å². The van der Waals surface area contributed by atoms with Crippen molar-refractivity contribution < 1.29 is 23.5 Å². The second kappa shape index (κ2) is 13.7. The molecule has 44 heavy (non-hydrogen) atoms. The van der Waals surface area contributed by atoms with E-state index in [9.17, 15) is 14.0 Å². The van der Waals surface area contributed by atoms with Gasteiger partial charge in [0.2, 0.25) is 17.6 Å². The summed E-state index contributed by atoms with van der Waals surface area (Å²) in [7, 11) is 5.31.